The van der Waals surface area contributed by atoms with Gasteiger partial charge in [-0.3, -0.25) is 9.59 Å². The number of carbonyl (C=O) groups is 2. The minimum absolute atomic E-state index is 0.0752. The number of benzene rings is 2. The van der Waals surface area contributed by atoms with Gasteiger partial charge in [0.25, 0.3) is 0 Å². The van der Waals surface area contributed by atoms with Gasteiger partial charge in [0, 0.05) is 16.5 Å². The highest BCUT2D eigenvalue weighted by Crippen LogP contribution is 2.12. The molecule has 0 amide bonds. The molecule has 0 N–H and O–H groups in total. The summed E-state index contributed by atoms with van der Waals surface area (Å²) in [6.07, 6.45) is 0. The Hall–Kier alpha value is -2.22. The Bertz CT molecular complexity index is 536. The van der Waals surface area contributed by atoms with Gasteiger partial charge in [-0.15, -0.1) is 0 Å². The van der Waals surface area contributed by atoms with Crippen LogP contribution in [0.25, 0.3) is 0 Å². The average molecular weight is 282 g/mol. The van der Waals surface area contributed by atoms with Crippen LogP contribution >= 0.6 is 0 Å². The van der Waals surface area contributed by atoms with Crippen LogP contribution in [0.15, 0.2) is 60.7 Å². The van der Waals surface area contributed by atoms with Crippen LogP contribution in [0.1, 0.15) is 43.6 Å². The van der Waals surface area contributed by atoms with E-state index in [1.165, 1.54) is 0 Å². The minimum atomic E-state index is -0.139. The van der Waals surface area contributed by atoms with E-state index in [4.69, 9.17) is 0 Å². The van der Waals surface area contributed by atoms with Crippen molar-refractivity contribution in [2.24, 2.45) is 5.41 Å². The van der Waals surface area contributed by atoms with Gasteiger partial charge in [0.15, 0.2) is 5.78 Å². The SMILES string of the molecule is CC(=O)C(C)(C)C.O=C(c1ccccc1)c1ccccc1. The lowest BCUT2D eigenvalue weighted by Crippen LogP contribution is -2.15. The molecule has 0 bridgehead atoms. The van der Waals surface area contributed by atoms with Crippen molar-refractivity contribution in [2.75, 3.05) is 0 Å². The molecule has 0 unspecified atom stereocenters. The topological polar surface area (TPSA) is 34.1 Å². The molecule has 0 aliphatic heterocycles. The molecule has 0 spiro atoms. The number of rotatable bonds is 2. The summed E-state index contributed by atoms with van der Waals surface area (Å²) in [5.41, 5.74) is 1.33. The van der Waals surface area contributed by atoms with Crippen molar-refractivity contribution in [1.82, 2.24) is 0 Å². The van der Waals surface area contributed by atoms with E-state index in [0.717, 1.165) is 11.1 Å². The molecule has 0 radical (unpaired) electrons. The second-order valence-electron chi connectivity index (χ2n) is 5.87. The van der Waals surface area contributed by atoms with Gasteiger partial charge in [0.05, 0.1) is 0 Å². The molecular weight excluding hydrogens is 260 g/mol. The molecule has 0 aliphatic carbocycles. The lowest BCUT2D eigenvalue weighted by atomic mass is 9.92. The van der Waals surface area contributed by atoms with E-state index in [9.17, 15) is 9.59 Å². The number of hydrogen-bond acceptors (Lipinski definition) is 2. The van der Waals surface area contributed by atoms with Crippen molar-refractivity contribution in [3.05, 3.63) is 71.8 Å². The largest absolute Gasteiger partial charge is 0.299 e. The van der Waals surface area contributed by atoms with Crippen LogP contribution < -0.4 is 0 Å². The predicted octanol–water partition coefficient (Wildman–Crippen LogP) is 4.54. The van der Waals surface area contributed by atoms with Gasteiger partial charge in [-0.2, -0.15) is 0 Å². The van der Waals surface area contributed by atoms with Crippen molar-refractivity contribution in [1.29, 1.82) is 0 Å². The van der Waals surface area contributed by atoms with Crippen LogP contribution in [0.3, 0.4) is 0 Å². The Kier molecular flexibility index (Phi) is 6.04. The fourth-order valence-corrected chi connectivity index (χ4v) is 1.35. The van der Waals surface area contributed by atoms with Crippen LogP contribution in [-0.2, 0) is 4.79 Å². The highest BCUT2D eigenvalue weighted by Gasteiger charge is 2.14. The lowest BCUT2D eigenvalue weighted by Gasteiger charge is -2.11. The Morgan fingerprint density at radius 2 is 1.00 bits per heavy atom. The zero-order chi connectivity index (χ0) is 15.9. The van der Waals surface area contributed by atoms with E-state index >= 15 is 0 Å². The maximum Gasteiger partial charge on any atom is 0.193 e. The van der Waals surface area contributed by atoms with E-state index in [1.54, 1.807) is 6.92 Å². The van der Waals surface area contributed by atoms with Crippen LogP contribution in [0.4, 0.5) is 0 Å². The van der Waals surface area contributed by atoms with Crippen molar-refractivity contribution in [2.45, 2.75) is 27.7 Å². The molecule has 0 saturated heterocycles. The van der Waals surface area contributed by atoms with Gasteiger partial charge in [0.2, 0.25) is 0 Å². The molecule has 0 aliphatic rings. The summed E-state index contributed by atoms with van der Waals surface area (Å²) in [6, 6.07) is 18.6. The summed E-state index contributed by atoms with van der Waals surface area (Å²) in [7, 11) is 0. The number of ketones is 2. The Morgan fingerprint density at radius 1 is 0.714 bits per heavy atom. The summed E-state index contributed by atoms with van der Waals surface area (Å²) in [6.45, 7) is 7.35. The molecule has 21 heavy (non-hydrogen) atoms. The average Bonchev–Trinajstić information content (AvgIpc) is 2.48. The first-order valence-electron chi connectivity index (χ1n) is 6.98. The highest BCUT2D eigenvalue weighted by atomic mass is 16.1. The molecule has 2 aromatic carbocycles. The molecule has 110 valence electrons. The third-order valence-corrected chi connectivity index (χ3v) is 3.13. The fourth-order valence-electron chi connectivity index (χ4n) is 1.35. The summed E-state index contributed by atoms with van der Waals surface area (Å²) >= 11 is 0. The molecular formula is C19H22O2. The third-order valence-electron chi connectivity index (χ3n) is 3.13. The highest BCUT2D eigenvalue weighted by molar-refractivity contribution is 6.08. The lowest BCUT2D eigenvalue weighted by molar-refractivity contribution is -0.124. The van der Waals surface area contributed by atoms with Gasteiger partial charge in [0.1, 0.15) is 5.78 Å². The van der Waals surface area contributed by atoms with Gasteiger partial charge in [-0.25, -0.2) is 0 Å². The van der Waals surface area contributed by atoms with Crippen molar-refractivity contribution in [3.8, 4) is 0 Å². The second-order valence-corrected chi connectivity index (χ2v) is 5.87. The molecule has 0 saturated carbocycles. The van der Waals surface area contributed by atoms with Gasteiger partial charge in [-0.1, -0.05) is 81.4 Å². The summed E-state index contributed by atoms with van der Waals surface area (Å²) in [5, 5.41) is 0. The zero-order valence-corrected chi connectivity index (χ0v) is 13.1. The van der Waals surface area contributed by atoms with Crippen molar-refractivity contribution < 1.29 is 9.59 Å². The number of hydrogen-bond donors (Lipinski definition) is 0. The second kappa shape index (κ2) is 7.53. The quantitative estimate of drug-likeness (QED) is 0.758. The van der Waals surface area contributed by atoms with Crippen LogP contribution in [-0.4, -0.2) is 11.6 Å². The standard InChI is InChI=1S/C13H10O.C6H12O/c14-13(11-7-3-1-4-8-11)12-9-5-2-6-10-12;1-5(7)6(2,3)4/h1-10H;1-4H3. The number of carbonyl (C=O) groups excluding carboxylic acids is 2. The van der Waals surface area contributed by atoms with E-state index in [0.29, 0.717) is 0 Å². The first-order valence-corrected chi connectivity index (χ1v) is 6.98. The first-order chi connectivity index (χ1) is 9.82. The summed E-state index contributed by atoms with van der Waals surface area (Å²) in [4.78, 5) is 22.3. The maximum atomic E-state index is 11.8. The fraction of sp³-hybridized carbons (Fsp3) is 0.263. The molecule has 0 fully saturated rings. The van der Waals surface area contributed by atoms with Gasteiger partial charge >= 0.3 is 0 Å². The molecule has 2 rings (SSSR count). The zero-order valence-electron chi connectivity index (χ0n) is 13.1. The molecule has 2 heteroatoms. The maximum absolute atomic E-state index is 11.8. The Labute approximate surface area is 126 Å². The van der Waals surface area contributed by atoms with E-state index < -0.39 is 0 Å². The monoisotopic (exact) mass is 282 g/mol. The minimum Gasteiger partial charge on any atom is -0.299 e. The van der Waals surface area contributed by atoms with Crippen LogP contribution in [0, 0.1) is 5.41 Å². The molecule has 2 aromatic rings. The molecule has 2 nitrogen and oxygen atoms in total. The Morgan fingerprint density at radius 3 is 1.24 bits per heavy atom. The molecule has 0 aromatic heterocycles. The predicted molar refractivity (Wildman–Crippen MR) is 86.5 cm³/mol. The Balaban J connectivity index is 0.000000270. The molecule has 0 atom stereocenters. The first kappa shape index (κ1) is 16.8. The number of Topliss-reactive ketones (excluding diaryl/α,β-unsaturated/α-hetero) is 1. The van der Waals surface area contributed by atoms with Crippen molar-refractivity contribution >= 4 is 11.6 Å². The van der Waals surface area contributed by atoms with E-state index in [-0.39, 0.29) is 17.0 Å². The van der Waals surface area contributed by atoms with Gasteiger partial charge in [-0.05, 0) is 6.92 Å². The van der Waals surface area contributed by atoms with Crippen LogP contribution in [0.2, 0.25) is 0 Å². The van der Waals surface area contributed by atoms with E-state index in [1.807, 2.05) is 81.4 Å². The van der Waals surface area contributed by atoms with E-state index in [2.05, 4.69) is 0 Å². The molecule has 0 heterocycles. The summed E-state index contributed by atoms with van der Waals surface area (Å²) < 4.78 is 0. The van der Waals surface area contributed by atoms with Crippen molar-refractivity contribution in [3.63, 3.8) is 0 Å². The van der Waals surface area contributed by atoms with Gasteiger partial charge < -0.3 is 0 Å². The third kappa shape index (κ3) is 5.74. The normalized spacial score (nSPS) is 10.3. The smallest absolute Gasteiger partial charge is 0.193 e. The van der Waals surface area contributed by atoms with Crippen LogP contribution in [0.5, 0.6) is 0 Å². The summed E-state index contributed by atoms with van der Waals surface area (Å²) in [5.74, 6) is 0.318.